The summed E-state index contributed by atoms with van der Waals surface area (Å²) in [5.41, 5.74) is 12.6. The van der Waals surface area contributed by atoms with E-state index in [-0.39, 0.29) is 23.5 Å². The maximum atomic E-state index is 12.7. The van der Waals surface area contributed by atoms with E-state index in [1.54, 1.807) is 0 Å². The Hall–Kier alpha value is -3.02. The van der Waals surface area contributed by atoms with Crippen molar-refractivity contribution >= 4 is 17.4 Å². The van der Waals surface area contributed by atoms with Crippen LogP contribution in [0.4, 0.5) is 0 Å². The van der Waals surface area contributed by atoms with Crippen molar-refractivity contribution in [1.29, 1.82) is 0 Å². The maximum absolute atomic E-state index is 12.7. The Morgan fingerprint density at radius 1 is 1.30 bits per heavy atom. The van der Waals surface area contributed by atoms with Gasteiger partial charge in [-0.05, 0) is 29.2 Å². The number of fused-ring (bicyclic) bond motifs is 2. The van der Waals surface area contributed by atoms with Gasteiger partial charge in [-0.15, -0.1) is 0 Å². The second-order valence-electron chi connectivity index (χ2n) is 7.42. The fourth-order valence-electron chi connectivity index (χ4n) is 4.09. The van der Waals surface area contributed by atoms with Crippen LogP contribution in [-0.2, 0) is 17.8 Å². The quantitative estimate of drug-likeness (QED) is 0.873. The molecule has 27 heavy (non-hydrogen) atoms. The summed E-state index contributed by atoms with van der Waals surface area (Å²) in [7, 11) is 0. The number of nitrogens with two attached hydrogens (primary N) is 1. The number of carbonyl (C=O) groups excluding carboxylic acids is 2. The molecule has 6 heteroatoms. The molecule has 0 bridgehead atoms. The van der Waals surface area contributed by atoms with Crippen molar-refractivity contribution in [3.63, 3.8) is 0 Å². The minimum Gasteiger partial charge on any atom is -0.397 e. The fourth-order valence-corrected chi connectivity index (χ4v) is 4.09. The molecule has 2 aliphatic carbocycles. The van der Waals surface area contributed by atoms with E-state index < -0.39 is 0 Å². The van der Waals surface area contributed by atoms with Crippen LogP contribution >= 0.6 is 0 Å². The molecule has 138 valence electrons. The number of benzene rings is 1. The highest BCUT2D eigenvalue weighted by molar-refractivity contribution is 5.96. The molecule has 2 aromatic rings. The van der Waals surface area contributed by atoms with Gasteiger partial charge >= 0.3 is 0 Å². The number of rotatable bonds is 3. The molecule has 0 spiro atoms. The Labute approximate surface area is 157 Å². The number of amides is 1. The van der Waals surface area contributed by atoms with E-state index in [4.69, 9.17) is 5.73 Å². The van der Waals surface area contributed by atoms with Gasteiger partial charge in [0.05, 0.1) is 11.4 Å². The van der Waals surface area contributed by atoms with Crippen molar-refractivity contribution in [3.8, 4) is 0 Å². The molecule has 2 atom stereocenters. The minimum atomic E-state index is -0.245. The lowest BCUT2D eigenvalue weighted by molar-refractivity contribution is -0.118. The van der Waals surface area contributed by atoms with Crippen LogP contribution in [0.2, 0.25) is 0 Å². The van der Waals surface area contributed by atoms with Crippen molar-refractivity contribution in [3.05, 3.63) is 63.7 Å². The summed E-state index contributed by atoms with van der Waals surface area (Å²) in [6.45, 7) is 6.31. The van der Waals surface area contributed by atoms with Crippen LogP contribution in [0, 0.1) is 6.92 Å². The Morgan fingerprint density at radius 3 is 2.85 bits per heavy atom. The van der Waals surface area contributed by atoms with Gasteiger partial charge in [0.25, 0.3) is 5.91 Å². The number of aromatic nitrogens is 2. The van der Waals surface area contributed by atoms with Gasteiger partial charge in [0.2, 0.25) is 0 Å². The molecule has 1 aromatic carbocycles. The van der Waals surface area contributed by atoms with Gasteiger partial charge in [-0.3, -0.25) is 9.59 Å². The first kappa shape index (κ1) is 17.4. The van der Waals surface area contributed by atoms with E-state index in [2.05, 4.69) is 15.3 Å². The fraction of sp³-hybridized carbons (Fsp3) is 0.333. The summed E-state index contributed by atoms with van der Waals surface area (Å²) in [5.74, 6) is -0.0544. The largest absolute Gasteiger partial charge is 0.397 e. The number of aryl methyl sites for hydroxylation is 1. The summed E-state index contributed by atoms with van der Waals surface area (Å²) in [5, 5.41) is 2.95. The zero-order valence-corrected chi connectivity index (χ0v) is 15.7. The van der Waals surface area contributed by atoms with Crippen molar-refractivity contribution in [2.45, 2.75) is 45.6 Å². The molecule has 0 fully saturated rings. The van der Waals surface area contributed by atoms with E-state index in [9.17, 15) is 9.59 Å². The van der Waals surface area contributed by atoms with Crippen LogP contribution in [0.25, 0.3) is 5.70 Å². The monoisotopic (exact) mass is 362 g/mol. The summed E-state index contributed by atoms with van der Waals surface area (Å²) >= 11 is 0. The normalized spacial score (nSPS) is 20.3. The predicted molar refractivity (Wildman–Crippen MR) is 102 cm³/mol. The Kier molecular flexibility index (Phi) is 4.06. The number of hydrogen-bond acceptors (Lipinski definition) is 5. The van der Waals surface area contributed by atoms with E-state index in [0.717, 1.165) is 27.8 Å². The van der Waals surface area contributed by atoms with Crippen LogP contribution < -0.4 is 11.1 Å². The molecule has 0 saturated heterocycles. The molecule has 2 unspecified atom stereocenters. The maximum Gasteiger partial charge on any atom is 0.270 e. The molecule has 3 N–H and O–H groups in total. The van der Waals surface area contributed by atoms with E-state index in [1.807, 2.05) is 39.0 Å². The first-order valence-electron chi connectivity index (χ1n) is 9.12. The topological polar surface area (TPSA) is 98.0 Å². The zero-order chi connectivity index (χ0) is 19.3. The predicted octanol–water partition coefficient (Wildman–Crippen LogP) is 2.36. The first-order valence-corrected chi connectivity index (χ1v) is 9.12. The number of ketones is 1. The Balaban J connectivity index is 1.56. The van der Waals surface area contributed by atoms with E-state index in [0.29, 0.717) is 30.1 Å². The van der Waals surface area contributed by atoms with Crippen LogP contribution in [0.1, 0.15) is 69.7 Å². The standard InChI is InChI=1S/C21H22N4O2/c1-10-4-13(6-15-12(3)17(26)7-14(10)15)8-23-21(27)20-18-11(2)5-16(22)19(18)24-9-25-20/h4-6,9,11-12H,7-8,22H2,1-3H3,(H,23,27). The average molecular weight is 362 g/mol. The molecular weight excluding hydrogens is 340 g/mol. The first-order chi connectivity index (χ1) is 12.9. The number of nitrogens with zero attached hydrogens (tertiary/aromatic N) is 2. The second kappa shape index (κ2) is 6.30. The van der Waals surface area contributed by atoms with Crippen LogP contribution in [0.15, 0.2) is 24.5 Å². The molecular formula is C21H22N4O2. The van der Waals surface area contributed by atoms with E-state index >= 15 is 0 Å². The lowest BCUT2D eigenvalue weighted by Gasteiger charge is -2.13. The summed E-state index contributed by atoms with van der Waals surface area (Å²) in [6, 6.07) is 4.07. The molecule has 2 aliphatic rings. The lowest BCUT2D eigenvalue weighted by atomic mass is 9.97. The zero-order valence-electron chi connectivity index (χ0n) is 15.7. The molecule has 6 nitrogen and oxygen atoms in total. The SMILES string of the molecule is Cc1cc(CNC(=O)c2ncnc3c2C(C)C=C3N)cc2c1CC(=O)C2C. The minimum absolute atomic E-state index is 0.0102. The van der Waals surface area contributed by atoms with Crippen molar-refractivity contribution in [1.82, 2.24) is 15.3 Å². The van der Waals surface area contributed by atoms with Crippen molar-refractivity contribution < 1.29 is 9.59 Å². The molecule has 4 rings (SSSR count). The third-order valence-electron chi connectivity index (χ3n) is 5.58. The molecule has 1 aromatic heterocycles. The summed E-state index contributed by atoms with van der Waals surface area (Å²) < 4.78 is 0. The number of hydrogen-bond donors (Lipinski definition) is 2. The summed E-state index contributed by atoms with van der Waals surface area (Å²) in [6.07, 6.45) is 3.77. The average Bonchev–Trinajstić information content (AvgIpc) is 3.10. The van der Waals surface area contributed by atoms with Gasteiger partial charge in [0, 0.05) is 30.4 Å². The molecule has 1 amide bonds. The molecule has 0 radical (unpaired) electrons. The van der Waals surface area contributed by atoms with Crippen molar-refractivity contribution in [2.24, 2.45) is 5.73 Å². The third-order valence-corrected chi connectivity index (χ3v) is 5.58. The van der Waals surface area contributed by atoms with Gasteiger partial charge in [-0.25, -0.2) is 9.97 Å². The van der Waals surface area contributed by atoms with Gasteiger partial charge in [0.1, 0.15) is 17.8 Å². The van der Waals surface area contributed by atoms with Crippen LogP contribution in [0.5, 0.6) is 0 Å². The number of Topliss-reactive ketones (excluding diaryl/α,β-unsaturated/α-hetero) is 1. The highest BCUT2D eigenvalue weighted by Crippen LogP contribution is 2.34. The van der Waals surface area contributed by atoms with Crippen LogP contribution in [-0.4, -0.2) is 21.7 Å². The van der Waals surface area contributed by atoms with Crippen molar-refractivity contribution in [2.75, 3.05) is 0 Å². The molecule has 1 heterocycles. The third kappa shape index (κ3) is 2.81. The summed E-state index contributed by atoms with van der Waals surface area (Å²) in [4.78, 5) is 33.1. The number of allylic oxidation sites excluding steroid dienone is 1. The Morgan fingerprint density at radius 2 is 2.07 bits per heavy atom. The van der Waals surface area contributed by atoms with Gasteiger partial charge < -0.3 is 11.1 Å². The molecule has 0 aliphatic heterocycles. The lowest BCUT2D eigenvalue weighted by Crippen LogP contribution is -2.26. The van der Waals surface area contributed by atoms with Gasteiger partial charge in [-0.1, -0.05) is 32.1 Å². The molecule has 0 saturated carbocycles. The smallest absolute Gasteiger partial charge is 0.270 e. The van der Waals surface area contributed by atoms with E-state index in [1.165, 1.54) is 6.33 Å². The van der Waals surface area contributed by atoms with Crippen LogP contribution in [0.3, 0.4) is 0 Å². The Bertz CT molecular complexity index is 1010. The number of nitrogens with one attached hydrogen (secondary N) is 1. The highest BCUT2D eigenvalue weighted by atomic mass is 16.2. The number of carbonyl (C=O) groups is 2. The highest BCUT2D eigenvalue weighted by Gasteiger charge is 2.29. The van der Waals surface area contributed by atoms with Gasteiger partial charge in [-0.2, -0.15) is 0 Å². The van der Waals surface area contributed by atoms with Gasteiger partial charge in [0.15, 0.2) is 0 Å². The second-order valence-corrected chi connectivity index (χ2v) is 7.42.